The molecule has 0 spiro atoms. The maximum Gasteiger partial charge on any atom is 0.305 e. The summed E-state index contributed by atoms with van der Waals surface area (Å²) in [6.07, 6.45) is -0.0275. The highest BCUT2D eigenvalue weighted by Crippen LogP contribution is 2.15. The number of carboxylic acids is 1. The normalized spacial score (nSPS) is 27.3. The van der Waals surface area contributed by atoms with Gasteiger partial charge in [0.05, 0.1) is 12.3 Å². The molecule has 86 valence electrons. The first-order chi connectivity index (χ1) is 7.00. The molecule has 1 amide bonds. The molecule has 3 atom stereocenters. The van der Waals surface area contributed by atoms with E-state index in [-0.39, 0.29) is 24.3 Å². The molecule has 1 saturated heterocycles. The molecule has 1 aliphatic heterocycles. The molecule has 5 heteroatoms. The van der Waals surface area contributed by atoms with Gasteiger partial charge in [-0.05, 0) is 19.4 Å². The fourth-order valence-corrected chi connectivity index (χ4v) is 1.82. The molecule has 1 fully saturated rings. The Kier molecular flexibility index (Phi) is 4.08. The van der Waals surface area contributed by atoms with Gasteiger partial charge in [-0.3, -0.25) is 9.59 Å². The van der Waals surface area contributed by atoms with Crippen molar-refractivity contribution in [3.63, 3.8) is 0 Å². The Bertz CT molecular complexity index is 255. The third-order valence-electron chi connectivity index (χ3n) is 2.72. The average molecular weight is 214 g/mol. The SMILES string of the molecule is CC(CC(=O)O)NC(=O)C1CNCC1C. The highest BCUT2D eigenvalue weighted by molar-refractivity contribution is 5.80. The van der Waals surface area contributed by atoms with Crippen LogP contribution in [0.4, 0.5) is 0 Å². The number of amides is 1. The van der Waals surface area contributed by atoms with Gasteiger partial charge in [0.1, 0.15) is 0 Å². The van der Waals surface area contributed by atoms with E-state index in [9.17, 15) is 9.59 Å². The zero-order valence-electron chi connectivity index (χ0n) is 9.12. The van der Waals surface area contributed by atoms with Gasteiger partial charge in [-0.15, -0.1) is 0 Å². The molecule has 0 radical (unpaired) electrons. The summed E-state index contributed by atoms with van der Waals surface area (Å²) < 4.78 is 0. The van der Waals surface area contributed by atoms with Crippen LogP contribution >= 0.6 is 0 Å². The monoisotopic (exact) mass is 214 g/mol. The molecule has 3 N–H and O–H groups in total. The van der Waals surface area contributed by atoms with Crippen LogP contribution in [0.5, 0.6) is 0 Å². The summed E-state index contributed by atoms with van der Waals surface area (Å²) in [7, 11) is 0. The second-order valence-electron chi connectivity index (χ2n) is 4.25. The van der Waals surface area contributed by atoms with Gasteiger partial charge in [0.15, 0.2) is 0 Å². The van der Waals surface area contributed by atoms with Gasteiger partial charge in [-0.1, -0.05) is 6.92 Å². The Labute approximate surface area is 89.2 Å². The molecule has 0 aromatic heterocycles. The quantitative estimate of drug-likeness (QED) is 0.606. The van der Waals surface area contributed by atoms with Gasteiger partial charge in [0.2, 0.25) is 5.91 Å². The summed E-state index contributed by atoms with van der Waals surface area (Å²) in [6.45, 7) is 5.27. The van der Waals surface area contributed by atoms with Crippen molar-refractivity contribution in [3.05, 3.63) is 0 Å². The van der Waals surface area contributed by atoms with Crippen molar-refractivity contribution in [1.82, 2.24) is 10.6 Å². The number of aliphatic carboxylic acids is 1. The molecular weight excluding hydrogens is 196 g/mol. The van der Waals surface area contributed by atoms with Crippen LogP contribution in [0.2, 0.25) is 0 Å². The van der Waals surface area contributed by atoms with Crippen molar-refractivity contribution in [2.45, 2.75) is 26.3 Å². The van der Waals surface area contributed by atoms with Gasteiger partial charge in [0.25, 0.3) is 0 Å². The lowest BCUT2D eigenvalue weighted by Crippen LogP contribution is -2.40. The number of carbonyl (C=O) groups excluding carboxylic acids is 1. The lowest BCUT2D eigenvalue weighted by molar-refractivity contribution is -0.137. The van der Waals surface area contributed by atoms with Gasteiger partial charge < -0.3 is 15.7 Å². The third kappa shape index (κ3) is 3.51. The van der Waals surface area contributed by atoms with Gasteiger partial charge in [0, 0.05) is 12.6 Å². The van der Waals surface area contributed by atoms with E-state index >= 15 is 0 Å². The highest BCUT2D eigenvalue weighted by atomic mass is 16.4. The van der Waals surface area contributed by atoms with Gasteiger partial charge >= 0.3 is 5.97 Å². The first-order valence-corrected chi connectivity index (χ1v) is 5.23. The highest BCUT2D eigenvalue weighted by Gasteiger charge is 2.30. The Morgan fingerprint density at radius 3 is 2.67 bits per heavy atom. The first kappa shape index (κ1) is 12.0. The minimum Gasteiger partial charge on any atom is -0.481 e. The van der Waals surface area contributed by atoms with Crippen molar-refractivity contribution in [1.29, 1.82) is 0 Å². The predicted molar refractivity (Wildman–Crippen MR) is 55.4 cm³/mol. The molecule has 0 saturated carbocycles. The minimum absolute atomic E-state index is 0.0266. The molecule has 0 bridgehead atoms. The Morgan fingerprint density at radius 1 is 1.53 bits per heavy atom. The number of carbonyl (C=O) groups is 2. The van der Waals surface area contributed by atoms with Crippen LogP contribution in [-0.4, -0.2) is 36.1 Å². The topological polar surface area (TPSA) is 78.4 Å². The molecule has 1 heterocycles. The summed E-state index contributed by atoms with van der Waals surface area (Å²) in [4.78, 5) is 22.1. The van der Waals surface area contributed by atoms with Crippen LogP contribution in [0.25, 0.3) is 0 Å². The van der Waals surface area contributed by atoms with Crippen LogP contribution in [0.15, 0.2) is 0 Å². The fraction of sp³-hybridized carbons (Fsp3) is 0.800. The van der Waals surface area contributed by atoms with Gasteiger partial charge in [-0.2, -0.15) is 0 Å². The average Bonchev–Trinajstić information content (AvgIpc) is 2.49. The number of hydrogen-bond acceptors (Lipinski definition) is 3. The van der Waals surface area contributed by atoms with Crippen molar-refractivity contribution in [3.8, 4) is 0 Å². The van der Waals surface area contributed by atoms with E-state index in [1.807, 2.05) is 6.92 Å². The molecule has 0 aliphatic carbocycles. The maximum absolute atomic E-state index is 11.7. The molecular formula is C10H18N2O3. The van der Waals surface area contributed by atoms with Crippen molar-refractivity contribution < 1.29 is 14.7 Å². The third-order valence-corrected chi connectivity index (χ3v) is 2.72. The summed E-state index contributed by atoms with van der Waals surface area (Å²) in [5, 5.41) is 14.4. The Morgan fingerprint density at radius 2 is 2.20 bits per heavy atom. The van der Waals surface area contributed by atoms with E-state index in [0.29, 0.717) is 12.5 Å². The van der Waals surface area contributed by atoms with E-state index in [2.05, 4.69) is 10.6 Å². The summed E-state index contributed by atoms with van der Waals surface area (Å²) >= 11 is 0. The van der Waals surface area contributed by atoms with E-state index < -0.39 is 5.97 Å². The van der Waals surface area contributed by atoms with Crippen LogP contribution in [0.1, 0.15) is 20.3 Å². The van der Waals surface area contributed by atoms with E-state index in [1.54, 1.807) is 6.92 Å². The molecule has 0 aromatic carbocycles. The number of carboxylic acid groups (broad SMARTS) is 1. The summed E-state index contributed by atoms with van der Waals surface area (Å²) in [5.41, 5.74) is 0. The van der Waals surface area contributed by atoms with Crippen molar-refractivity contribution in [2.75, 3.05) is 13.1 Å². The first-order valence-electron chi connectivity index (χ1n) is 5.23. The maximum atomic E-state index is 11.7. The number of nitrogens with one attached hydrogen (secondary N) is 2. The number of hydrogen-bond donors (Lipinski definition) is 3. The van der Waals surface area contributed by atoms with Crippen LogP contribution in [0.3, 0.4) is 0 Å². The largest absolute Gasteiger partial charge is 0.481 e. The minimum atomic E-state index is -0.889. The standard InChI is InChI=1S/C10H18N2O3/c1-6-4-11-5-8(6)10(15)12-7(2)3-9(13)14/h6-8,11H,3-5H2,1-2H3,(H,12,15)(H,13,14). The second kappa shape index (κ2) is 5.11. The fourth-order valence-electron chi connectivity index (χ4n) is 1.82. The Hall–Kier alpha value is -1.10. The number of rotatable bonds is 4. The molecule has 1 rings (SSSR count). The molecule has 1 aliphatic rings. The summed E-state index contributed by atoms with van der Waals surface area (Å²) in [6, 6.07) is -0.303. The second-order valence-corrected chi connectivity index (χ2v) is 4.25. The smallest absolute Gasteiger partial charge is 0.305 e. The van der Waals surface area contributed by atoms with E-state index in [4.69, 9.17) is 5.11 Å². The van der Waals surface area contributed by atoms with E-state index in [1.165, 1.54) is 0 Å². The van der Waals surface area contributed by atoms with Crippen LogP contribution < -0.4 is 10.6 Å². The van der Waals surface area contributed by atoms with E-state index in [0.717, 1.165) is 6.54 Å². The van der Waals surface area contributed by atoms with Crippen molar-refractivity contribution in [2.24, 2.45) is 11.8 Å². The van der Waals surface area contributed by atoms with Gasteiger partial charge in [-0.25, -0.2) is 0 Å². The lowest BCUT2D eigenvalue weighted by Gasteiger charge is -2.17. The predicted octanol–water partition coefficient (Wildman–Crippen LogP) is -0.179. The molecule has 3 unspecified atom stereocenters. The zero-order valence-corrected chi connectivity index (χ0v) is 9.12. The lowest BCUT2D eigenvalue weighted by atomic mass is 9.97. The van der Waals surface area contributed by atoms with Crippen LogP contribution in [-0.2, 0) is 9.59 Å². The molecule has 5 nitrogen and oxygen atoms in total. The zero-order chi connectivity index (χ0) is 11.4. The summed E-state index contributed by atoms with van der Waals surface area (Å²) in [5.74, 6) is -0.634. The van der Waals surface area contributed by atoms with Crippen molar-refractivity contribution >= 4 is 11.9 Å². The molecule has 0 aromatic rings. The molecule has 15 heavy (non-hydrogen) atoms. The Balaban J connectivity index is 2.37. The van der Waals surface area contributed by atoms with Crippen LogP contribution in [0, 0.1) is 11.8 Å².